The molecule has 1 aliphatic rings. The predicted octanol–water partition coefficient (Wildman–Crippen LogP) is 5.63. The Bertz CT molecular complexity index is 1150. The van der Waals surface area contributed by atoms with E-state index in [4.69, 9.17) is 0 Å². The van der Waals surface area contributed by atoms with Gasteiger partial charge in [0.05, 0.1) is 21.8 Å². The summed E-state index contributed by atoms with van der Waals surface area (Å²) in [5.74, 6) is -2.82. The molecule has 0 unspecified atom stereocenters. The Morgan fingerprint density at radius 1 is 0.882 bits per heavy atom. The summed E-state index contributed by atoms with van der Waals surface area (Å²) in [6, 6.07) is 4.57. The zero-order valence-electron chi connectivity index (χ0n) is 17.5. The molecule has 12 heteroatoms. The number of sulfone groups is 1. The van der Waals surface area contributed by atoms with E-state index in [9.17, 15) is 43.9 Å². The number of alkyl halides is 6. The summed E-state index contributed by atoms with van der Waals surface area (Å²) in [4.78, 5) is 11.9. The minimum atomic E-state index is -4.82. The maximum Gasteiger partial charge on any atom is 0.416 e. The van der Waals surface area contributed by atoms with Crippen LogP contribution in [-0.2, 0) is 22.2 Å². The van der Waals surface area contributed by atoms with Crippen molar-refractivity contribution < 1.29 is 43.9 Å². The summed E-state index contributed by atoms with van der Waals surface area (Å²) in [6.45, 7) is 0. The maximum absolute atomic E-state index is 13.5. The van der Waals surface area contributed by atoms with Gasteiger partial charge in [0, 0.05) is 11.6 Å². The molecule has 1 amide bonds. The Kier molecular flexibility index (Phi) is 7.30. The van der Waals surface area contributed by atoms with Crippen LogP contribution in [0.25, 0.3) is 0 Å². The van der Waals surface area contributed by atoms with Crippen LogP contribution < -0.4 is 5.32 Å². The Morgan fingerprint density at radius 2 is 1.50 bits per heavy atom. The highest BCUT2D eigenvalue weighted by Crippen LogP contribution is 2.33. The average molecular weight is 511 g/mol. The molecule has 186 valence electrons. The van der Waals surface area contributed by atoms with E-state index in [2.05, 4.69) is 5.32 Å². The second-order valence-corrected chi connectivity index (χ2v) is 10.3. The van der Waals surface area contributed by atoms with Crippen molar-refractivity contribution >= 4 is 15.7 Å². The summed E-state index contributed by atoms with van der Waals surface area (Å²) < 4.78 is 116. The van der Waals surface area contributed by atoms with Crippen LogP contribution in [0.15, 0.2) is 47.4 Å². The molecule has 2 aromatic carbocycles. The molecule has 0 atom stereocenters. The van der Waals surface area contributed by atoms with Gasteiger partial charge in [-0.05, 0) is 68.0 Å². The average Bonchev–Trinajstić information content (AvgIpc) is 2.73. The van der Waals surface area contributed by atoms with E-state index < -0.39 is 61.5 Å². The first-order valence-electron chi connectivity index (χ1n) is 10.2. The fraction of sp³-hybridized carbons (Fsp3) is 0.409. The first kappa shape index (κ1) is 26.0. The molecule has 0 radical (unpaired) electrons. The summed E-state index contributed by atoms with van der Waals surface area (Å²) in [5.41, 5.74) is -2.84. The van der Waals surface area contributed by atoms with Crippen molar-refractivity contribution in [3.8, 4) is 0 Å². The third-order valence-electron chi connectivity index (χ3n) is 5.64. The van der Waals surface area contributed by atoms with Crippen LogP contribution in [0.1, 0.15) is 47.2 Å². The third-order valence-corrected chi connectivity index (χ3v) is 7.53. The lowest BCUT2D eigenvalue weighted by Gasteiger charge is -2.29. The highest BCUT2D eigenvalue weighted by molar-refractivity contribution is 7.91. The van der Waals surface area contributed by atoms with Gasteiger partial charge < -0.3 is 5.32 Å². The Hall–Kier alpha value is -2.63. The van der Waals surface area contributed by atoms with Crippen molar-refractivity contribution in [1.29, 1.82) is 0 Å². The van der Waals surface area contributed by atoms with Crippen LogP contribution in [0.4, 0.5) is 30.7 Å². The Labute approximate surface area is 191 Å². The molecule has 1 fully saturated rings. The zero-order valence-corrected chi connectivity index (χ0v) is 18.3. The Balaban J connectivity index is 1.60. The fourth-order valence-electron chi connectivity index (χ4n) is 3.90. The highest BCUT2D eigenvalue weighted by atomic mass is 32.2. The highest BCUT2D eigenvalue weighted by Gasteiger charge is 2.34. The molecule has 0 spiro atoms. The summed E-state index contributed by atoms with van der Waals surface area (Å²) in [5, 5.41) is 2.53. The van der Waals surface area contributed by atoms with E-state index in [1.165, 1.54) is 0 Å². The van der Waals surface area contributed by atoms with Gasteiger partial charge in [-0.15, -0.1) is 0 Å². The summed E-state index contributed by atoms with van der Waals surface area (Å²) in [6.07, 6.45) is -8.20. The monoisotopic (exact) mass is 511 g/mol. The lowest BCUT2D eigenvalue weighted by molar-refractivity contribution is -0.138. The molecule has 0 aromatic heterocycles. The van der Waals surface area contributed by atoms with Crippen molar-refractivity contribution in [3.05, 3.63) is 65.0 Å². The second-order valence-electron chi connectivity index (χ2n) is 8.22. The van der Waals surface area contributed by atoms with Crippen molar-refractivity contribution in [2.24, 2.45) is 5.92 Å². The molecular weight excluding hydrogens is 491 g/mol. The standard InChI is InChI=1S/C22H20F7NO3S/c23-17-9-14(8-16(10-17)22(27,28)29)20(31)30-18-6-4-13(5-7-18)12-34(32,33)19-3-1-2-15(11-19)21(24,25)26/h1-3,8-11,13,18H,4-7,12H2,(H,30,31). The maximum atomic E-state index is 13.5. The number of benzene rings is 2. The smallest absolute Gasteiger partial charge is 0.349 e. The van der Waals surface area contributed by atoms with E-state index in [1.807, 2.05) is 0 Å². The van der Waals surface area contributed by atoms with E-state index in [-0.39, 0.29) is 17.7 Å². The number of amides is 1. The van der Waals surface area contributed by atoms with Crippen molar-refractivity contribution in [2.45, 2.75) is 49.0 Å². The molecule has 0 heterocycles. The SMILES string of the molecule is O=C(NC1CCC(CS(=O)(=O)c2cccc(C(F)(F)F)c2)CC1)c1cc(F)cc(C(F)(F)F)c1. The normalized spacial score (nSPS) is 19.6. The van der Waals surface area contributed by atoms with Crippen LogP contribution in [0.5, 0.6) is 0 Å². The molecule has 4 nitrogen and oxygen atoms in total. The third kappa shape index (κ3) is 6.49. The topological polar surface area (TPSA) is 63.2 Å². The molecule has 34 heavy (non-hydrogen) atoms. The molecule has 1 aliphatic carbocycles. The number of nitrogens with one attached hydrogen (secondary N) is 1. The summed E-state index contributed by atoms with van der Waals surface area (Å²) in [7, 11) is -3.99. The number of hydrogen-bond donors (Lipinski definition) is 1. The molecule has 1 N–H and O–H groups in total. The fourth-order valence-corrected chi connectivity index (χ4v) is 5.64. The first-order chi connectivity index (χ1) is 15.6. The van der Waals surface area contributed by atoms with Crippen molar-refractivity contribution in [1.82, 2.24) is 5.32 Å². The van der Waals surface area contributed by atoms with Gasteiger partial charge in [0.1, 0.15) is 5.82 Å². The van der Waals surface area contributed by atoms with E-state index in [0.717, 1.165) is 18.2 Å². The van der Waals surface area contributed by atoms with Crippen LogP contribution in [0.2, 0.25) is 0 Å². The number of carbonyl (C=O) groups is 1. The van der Waals surface area contributed by atoms with Gasteiger partial charge in [-0.25, -0.2) is 12.8 Å². The number of rotatable bonds is 5. The minimum absolute atomic E-state index is 0.285. The van der Waals surface area contributed by atoms with Crippen molar-refractivity contribution in [3.63, 3.8) is 0 Å². The summed E-state index contributed by atoms with van der Waals surface area (Å²) >= 11 is 0. The molecule has 0 aliphatic heterocycles. The Morgan fingerprint density at radius 3 is 2.09 bits per heavy atom. The second kappa shape index (κ2) is 9.55. The molecule has 1 saturated carbocycles. The lowest BCUT2D eigenvalue weighted by Crippen LogP contribution is -2.38. The largest absolute Gasteiger partial charge is 0.416 e. The zero-order chi connectivity index (χ0) is 25.3. The molecular formula is C22H20F7NO3S. The minimum Gasteiger partial charge on any atom is -0.349 e. The molecule has 0 bridgehead atoms. The van der Waals surface area contributed by atoms with E-state index in [1.54, 1.807) is 0 Å². The van der Waals surface area contributed by atoms with Gasteiger partial charge >= 0.3 is 12.4 Å². The number of carbonyl (C=O) groups excluding carboxylic acids is 1. The predicted molar refractivity (Wildman–Crippen MR) is 108 cm³/mol. The van der Waals surface area contributed by atoms with E-state index in [0.29, 0.717) is 43.9 Å². The molecule has 0 saturated heterocycles. The molecule has 2 aromatic rings. The number of halogens is 7. The molecule has 3 rings (SSSR count). The van der Waals surface area contributed by atoms with E-state index >= 15 is 0 Å². The van der Waals surface area contributed by atoms with Crippen LogP contribution in [0, 0.1) is 11.7 Å². The number of hydrogen-bond acceptors (Lipinski definition) is 3. The van der Waals surface area contributed by atoms with Crippen LogP contribution in [0.3, 0.4) is 0 Å². The lowest BCUT2D eigenvalue weighted by atomic mass is 9.87. The quantitative estimate of drug-likeness (QED) is 0.530. The van der Waals surface area contributed by atoms with Gasteiger partial charge in [0.25, 0.3) is 5.91 Å². The van der Waals surface area contributed by atoms with Gasteiger partial charge in [-0.2, -0.15) is 26.3 Å². The van der Waals surface area contributed by atoms with Crippen LogP contribution in [-0.4, -0.2) is 26.1 Å². The van der Waals surface area contributed by atoms with Gasteiger partial charge in [-0.3, -0.25) is 4.79 Å². The first-order valence-corrected chi connectivity index (χ1v) is 11.9. The van der Waals surface area contributed by atoms with Crippen molar-refractivity contribution in [2.75, 3.05) is 5.75 Å². The van der Waals surface area contributed by atoms with Gasteiger partial charge in [0.2, 0.25) is 0 Å². The van der Waals surface area contributed by atoms with Gasteiger partial charge in [0.15, 0.2) is 9.84 Å². The van der Waals surface area contributed by atoms with Gasteiger partial charge in [-0.1, -0.05) is 6.07 Å². The van der Waals surface area contributed by atoms with Crippen LogP contribution >= 0.6 is 0 Å².